The minimum absolute atomic E-state index is 0.260. The quantitative estimate of drug-likeness (QED) is 0.571. The van der Waals surface area contributed by atoms with Gasteiger partial charge in [-0.1, -0.05) is 18.2 Å². The molecule has 25 heavy (non-hydrogen) atoms. The van der Waals surface area contributed by atoms with Crippen molar-refractivity contribution in [2.45, 2.75) is 19.8 Å². The summed E-state index contributed by atoms with van der Waals surface area (Å²) in [6.07, 6.45) is 0.816. The van der Waals surface area contributed by atoms with Crippen molar-refractivity contribution in [2.75, 3.05) is 13.2 Å². The Hall–Kier alpha value is -3.02. The number of hydrogen-bond acceptors (Lipinski definition) is 4. The summed E-state index contributed by atoms with van der Waals surface area (Å²) >= 11 is 0. The van der Waals surface area contributed by atoms with Gasteiger partial charge in [0.25, 0.3) is 5.91 Å². The van der Waals surface area contributed by atoms with Crippen molar-refractivity contribution in [1.82, 2.24) is 10.9 Å². The van der Waals surface area contributed by atoms with Gasteiger partial charge in [0.1, 0.15) is 11.5 Å². The highest BCUT2D eigenvalue weighted by atomic mass is 16.5. The SMILES string of the molecule is CCOc1ccc(C(=O)NNC(=O)CCCOc2ccccc2)cc1. The van der Waals surface area contributed by atoms with Crippen LogP contribution < -0.4 is 20.3 Å². The molecular weight excluding hydrogens is 320 g/mol. The van der Waals surface area contributed by atoms with Crippen LogP contribution in [0.25, 0.3) is 0 Å². The number of ether oxygens (including phenoxy) is 2. The highest BCUT2D eigenvalue weighted by Gasteiger charge is 2.07. The second kappa shape index (κ2) is 9.97. The molecule has 2 aromatic rings. The van der Waals surface area contributed by atoms with Crippen molar-refractivity contribution in [3.63, 3.8) is 0 Å². The first-order valence-corrected chi connectivity index (χ1v) is 8.19. The highest BCUT2D eigenvalue weighted by molar-refractivity contribution is 5.95. The Labute approximate surface area is 147 Å². The Morgan fingerprint density at radius 1 is 0.880 bits per heavy atom. The van der Waals surface area contributed by atoms with Crippen molar-refractivity contribution in [2.24, 2.45) is 0 Å². The van der Waals surface area contributed by atoms with Gasteiger partial charge in [0.05, 0.1) is 13.2 Å². The molecule has 0 saturated heterocycles. The van der Waals surface area contributed by atoms with Crippen LogP contribution in [0.4, 0.5) is 0 Å². The van der Waals surface area contributed by atoms with E-state index in [1.807, 2.05) is 37.3 Å². The molecule has 0 heterocycles. The summed E-state index contributed by atoms with van der Waals surface area (Å²) in [7, 11) is 0. The zero-order chi connectivity index (χ0) is 17.9. The van der Waals surface area contributed by atoms with Gasteiger partial charge in [-0.2, -0.15) is 0 Å². The van der Waals surface area contributed by atoms with E-state index in [9.17, 15) is 9.59 Å². The molecule has 0 spiro atoms. The van der Waals surface area contributed by atoms with Crippen LogP contribution in [-0.2, 0) is 4.79 Å². The van der Waals surface area contributed by atoms with Crippen molar-refractivity contribution in [3.05, 3.63) is 60.2 Å². The number of carbonyl (C=O) groups excluding carboxylic acids is 2. The molecule has 0 atom stereocenters. The predicted octanol–water partition coefficient (Wildman–Crippen LogP) is 2.71. The molecule has 0 radical (unpaired) electrons. The van der Waals surface area contributed by atoms with Gasteiger partial charge in [0.2, 0.25) is 5.91 Å². The van der Waals surface area contributed by atoms with Gasteiger partial charge in [0.15, 0.2) is 0 Å². The molecule has 6 heteroatoms. The van der Waals surface area contributed by atoms with E-state index in [1.165, 1.54) is 0 Å². The fraction of sp³-hybridized carbons (Fsp3) is 0.263. The van der Waals surface area contributed by atoms with E-state index in [2.05, 4.69) is 10.9 Å². The monoisotopic (exact) mass is 342 g/mol. The van der Waals surface area contributed by atoms with Crippen LogP contribution in [0, 0.1) is 0 Å². The number of para-hydroxylation sites is 1. The van der Waals surface area contributed by atoms with E-state index >= 15 is 0 Å². The number of hydrogen-bond donors (Lipinski definition) is 2. The van der Waals surface area contributed by atoms with Crippen molar-refractivity contribution in [3.8, 4) is 11.5 Å². The lowest BCUT2D eigenvalue weighted by Gasteiger charge is -2.09. The Morgan fingerprint density at radius 3 is 2.24 bits per heavy atom. The molecule has 0 unspecified atom stereocenters. The molecule has 2 aromatic carbocycles. The highest BCUT2D eigenvalue weighted by Crippen LogP contribution is 2.12. The van der Waals surface area contributed by atoms with Crippen LogP contribution in [-0.4, -0.2) is 25.0 Å². The van der Waals surface area contributed by atoms with Gasteiger partial charge in [0, 0.05) is 12.0 Å². The lowest BCUT2D eigenvalue weighted by molar-refractivity contribution is -0.122. The van der Waals surface area contributed by atoms with Gasteiger partial charge in [-0.15, -0.1) is 0 Å². The fourth-order valence-corrected chi connectivity index (χ4v) is 2.07. The van der Waals surface area contributed by atoms with Gasteiger partial charge >= 0.3 is 0 Å². The van der Waals surface area contributed by atoms with E-state index in [0.717, 1.165) is 5.75 Å². The van der Waals surface area contributed by atoms with E-state index < -0.39 is 0 Å². The van der Waals surface area contributed by atoms with E-state index in [-0.39, 0.29) is 18.2 Å². The zero-order valence-corrected chi connectivity index (χ0v) is 14.2. The molecule has 132 valence electrons. The third-order valence-electron chi connectivity index (χ3n) is 3.30. The number of nitrogens with one attached hydrogen (secondary N) is 2. The first-order valence-electron chi connectivity index (χ1n) is 8.19. The van der Waals surface area contributed by atoms with Crippen molar-refractivity contribution < 1.29 is 19.1 Å². The standard InChI is InChI=1S/C19H22N2O4/c1-2-24-17-12-10-15(11-13-17)19(23)21-20-18(22)9-6-14-25-16-7-4-3-5-8-16/h3-5,7-8,10-13H,2,6,9,14H2,1H3,(H,20,22)(H,21,23). The summed E-state index contributed by atoms with van der Waals surface area (Å²) < 4.78 is 10.8. The fourth-order valence-electron chi connectivity index (χ4n) is 2.07. The molecule has 0 fully saturated rings. The molecule has 0 bridgehead atoms. The maximum absolute atomic E-state index is 11.9. The molecule has 2 rings (SSSR count). The maximum Gasteiger partial charge on any atom is 0.269 e. The van der Waals surface area contributed by atoms with Gasteiger partial charge in [-0.05, 0) is 49.7 Å². The average Bonchev–Trinajstić information content (AvgIpc) is 2.65. The Bertz CT molecular complexity index is 672. The predicted molar refractivity (Wildman–Crippen MR) is 94.4 cm³/mol. The number of amides is 2. The maximum atomic E-state index is 11.9. The molecule has 0 saturated carbocycles. The molecular formula is C19H22N2O4. The molecule has 2 N–H and O–H groups in total. The minimum Gasteiger partial charge on any atom is -0.494 e. The second-order valence-corrected chi connectivity index (χ2v) is 5.22. The van der Waals surface area contributed by atoms with E-state index in [0.29, 0.717) is 30.9 Å². The van der Waals surface area contributed by atoms with Gasteiger partial charge in [-0.3, -0.25) is 20.4 Å². The van der Waals surface area contributed by atoms with E-state index in [4.69, 9.17) is 9.47 Å². The first-order chi connectivity index (χ1) is 12.2. The largest absolute Gasteiger partial charge is 0.494 e. The topological polar surface area (TPSA) is 76.7 Å². The zero-order valence-electron chi connectivity index (χ0n) is 14.2. The lowest BCUT2D eigenvalue weighted by Crippen LogP contribution is -2.41. The van der Waals surface area contributed by atoms with Crippen LogP contribution in [0.3, 0.4) is 0 Å². The summed E-state index contributed by atoms with van der Waals surface area (Å²) in [6, 6.07) is 16.1. The molecule has 6 nitrogen and oxygen atoms in total. The van der Waals surface area contributed by atoms with Crippen LogP contribution >= 0.6 is 0 Å². The Morgan fingerprint density at radius 2 is 1.56 bits per heavy atom. The number of carbonyl (C=O) groups is 2. The van der Waals surface area contributed by atoms with Crippen LogP contribution in [0.5, 0.6) is 11.5 Å². The number of hydrazine groups is 1. The van der Waals surface area contributed by atoms with Crippen molar-refractivity contribution in [1.29, 1.82) is 0 Å². The van der Waals surface area contributed by atoms with Crippen LogP contribution in [0.15, 0.2) is 54.6 Å². The molecule has 0 aliphatic rings. The number of rotatable bonds is 8. The van der Waals surface area contributed by atoms with Crippen LogP contribution in [0.1, 0.15) is 30.1 Å². The summed E-state index contributed by atoms with van der Waals surface area (Å²) in [6.45, 7) is 2.89. The summed E-state index contributed by atoms with van der Waals surface area (Å²) in [4.78, 5) is 23.7. The van der Waals surface area contributed by atoms with Crippen molar-refractivity contribution >= 4 is 11.8 Å². The molecule has 0 aromatic heterocycles. The third kappa shape index (κ3) is 6.55. The smallest absolute Gasteiger partial charge is 0.269 e. The molecule has 0 aliphatic heterocycles. The summed E-state index contributed by atoms with van der Waals surface area (Å²) in [5.41, 5.74) is 5.22. The van der Waals surface area contributed by atoms with Gasteiger partial charge in [-0.25, -0.2) is 0 Å². The molecule has 0 aliphatic carbocycles. The van der Waals surface area contributed by atoms with Gasteiger partial charge < -0.3 is 9.47 Å². The molecule has 2 amide bonds. The Kier molecular flexibility index (Phi) is 7.31. The van der Waals surface area contributed by atoms with Crippen LogP contribution in [0.2, 0.25) is 0 Å². The van der Waals surface area contributed by atoms with E-state index in [1.54, 1.807) is 24.3 Å². The Balaban J connectivity index is 1.64. The lowest BCUT2D eigenvalue weighted by atomic mass is 10.2. The normalized spacial score (nSPS) is 9.96. The summed E-state index contributed by atoms with van der Waals surface area (Å²) in [5.74, 6) is 0.820. The minimum atomic E-state index is -0.378. The second-order valence-electron chi connectivity index (χ2n) is 5.22. The number of benzene rings is 2. The average molecular weight is 342 g/mol. The summed E-state index contributed by atoms with van der Waals surface area (Å²) in [5, 5.41) is 0. The first kappa shape index (κ1) is 18.3. The third-order valence-corrected chi connectivity index (χ3v) is 3.30.